The van der Waals surface area contributed by atoms with Gasteiger partial charge in [0, 0.05) is 15.7 Å². The first-order valence-corrected chi connectivity index (χ1v) is 7.20. The fourth-order valence-electron chi connectivity index (χ4n) is 1.72. The lowest BCUT2D eigenvalue weighted by Gasteiger charge is -2.12. The van der Waals surface area contributed by atoms with Crippen LogP contribution in [-0.4, -0.2) is 10.9 Å². The Kier molecular flexibility index (Phi) is 4.87. The zero-order chi connectivity index (χ0) is 14.5. The van der Waals surface area contributed by atoms with Crippen LogP contribution in [0.5, 0.6) is 0 Å². The van der Waals surface area contributed by atoms with Gasteiger partial charge in [-0.3, -0.25) is 4.79 Å². The van der Waals surface area contributed by atoms with E-state index in [4.69, 9.17) is 12.2 Å². The Bertz CT molecular complexity index is 641. The minimum atomic E-state index is -0.000424. The molecule has 0 radical (unpaired) electrons. The van der Waals surface area contributed by atoms with Gasteiger partial charge in [0.15, 0.2) is 10.9 Å². The van der Waals surface area contributed by atoms with E-state index in [2.05, 4.69) is 26.6 Å². The summed E-state index contributed by atoms with van der Waals surface area (Å²) in [7, 11) is 0. The maximum atomic E-state index is 11.5. The molecule has 0 aliphatic heterocycles. The Morgan fingerprint density at radius 2 is 1.70 bits per heavy atom. The number of para-hydroxylation sites is 1. The van der Waals surface area contributed by atoms with E-state index in [1.54, 1.807) is 6.07 Å². The number of hydrogen-bond donors (Lipinski definition) is 2. The first kappa shape index (κ1) is 14.7. The third kappa shape index (κ3) is 3.88. The van der Waals surface area contributed by atoms with E-state index < -0.39 is 0 Å². The van der Waals surface area contributed by atoms with Crippen LogP contribution in [0.4, 0.5) is 11.4 Å². The van der Waals surface area contributed by atoms with Gasteiger partial charge in [-0.1, -0.05) is 28.1 Å². The molecular weight excluding hydrogens is 336 g/mol. The van der Waals surface area contributed by atoms with Crippen molar-refractivity contribution in [1.82, 2.24) is 0 Å². The van der Waals surface area contributed by atoms with Gasteiger partial charge >= 0.3 is 0 Å². The van der Waals surface area contributed by atoms with Crippen LogP contribution >= 0.6 is 28.1 Å². The molecule has 102 valence electrons. The van der Waals surface area contributed by atoms with Crippen molar-refractivity contribution in [3.63, 3.8) is 0 Å². The summed E-state index contributed by atoms with van der Waals surface area (Å²) in [6, 6.07) is 15.0. The van der Waals surface area contributed by atoms with Gasteiger partial charge in [-0.05, 0) is 55.5 Å². The molecule has 0 atom stereocenters. The van der Waals surface area contributed by atoms with Crippen LogP contribution in [0.25, 0.3) is 0 Å². The number of thiocarbonyl (C=S) groups is 1. The second kappa shape index (κ2) is 6.63. The fraction of sp³-hybridized carbons (Fsp3) is 0.0667. The van der Waals surface area contributed by atoms with E-state index in [-0.39, 0.29) is 5.78 Å². The third-order valence-corrected chi connectivity index (χ3v) is 3.39. The molecule has 20 heavy (non-hydrogen) atoms. The predicted molar refractivity (Wildman–Crippen MR) is 90.4 cm³/mol. The van der Waals surface area contributed by atoms with Crippen molar-refractivity contribution in [1.29, 1.82) is 0 Å². The fourth-order valence-corrected chi connectivity index (χ4v) is 2.21. The van der Waals surface area contributed by atoms with Gasteiger partial charge in [-0.2, -0.15) is 0 Å². The Balaban J connectivity index is 2.08. The molecule has 0 saturated heterocycles. The number of nitrogens with one attached hydrogen (secondary N) is 2. The van der Waals surface area contributed by atoms with Crippen molar-refractivity contribution in [2.45, 2.75) is 6.92 Å². The molecule has 0 amide bonds. The van der Waals surface area contributed by atoms with Gasteiger partial charge in [0.05, 0.1) is 5.69 Å². The Hall–Kier alpha value is -1.72. The number of carbonyl (C=O) groups is 1. The van der Waals surface area contributed by atoms with Gasteiger partial charge in [-0.15, -0.1) is 0 Å². The lowest BCUT2D eigenvalue weighted by molar-refractivity contribution is 0.101. The molecule has 0 unspecified atom stereocenters. The third-order valence-electron chi connectivity index (χ3n) is 2.66. The molecule has 2 N–H and O–H groups in total. The molecule has 0 heterocycles. The number of anilines is 2. The number of ketones is 1. The predicted octanol–water partition coefficient (Wildman–Crippen LogP) is 4.46. The minimum Gasteiger partial charge on any atom is -0.332 e. The average Bonchev–Trinajstić information content (AvgIpc) is 2.41. The van der Waals surface area contributed by atoms with E-state index in [0.717, 1.165) is 10.2 Å². The van der Waals surface area contributed by atoms with Crippen LogP contribution in [0.1, 0.15) is 17.3 Å². The molecule has 2 aromatic rings. The number of hydrogen-bond acceptors (Lipinski definition) is 2. The van der Waals surface area contributed by atoms with Crippen LogP contribution in [0.2, 0.25) is 0 Å². The molecule has 0 spiro atoms. The van der Waals surface area contributed by atoms with Crippen molar-refractivity contribution in [3.05, 3.63) is 58.6 Å². The van der Waals surface area contributed by atoms with Crippen LogP contribution in [0.15, 0.2) is 53.0 Å². The summed E-state index contributed by atoms with van der Waals surface area (Å²) in [5, 5.41) is 6.56. The van der Waals surface area contributed by atoms with Gasteiger partial charge in [-0.25, -0.2) is 0 Å². The molecule has 0 aliphatic rings. The van der Waals surface area contributed by atoms with Gasteiger partial charge in [0.25, 0.3) is 0 Å². The lowest BCUT2D eigenvalue weighted by Crippen LogP contribution is -2.20. The number of benzene rings is 2. The summed E-state index contributed by atoms with van der Waals surface area (Å²) in [4.78, 5) is 11.5. The molecular formula is C15H13BrN2OS. The number of rotatable bonds is 3. The van der Waals surface area contributed by atoms with Crippen molar-refractivity contribution in [3.8, 4) is 0 Å². The SMILES string of the molecule is CC(=O)c1ccccc1NC(=S)Nc1ccc(Br)cc1. The highest BCUT2D eigenvalue weighted by molar-refractivity contribution is 9.10. The maximum absolute atomic E-state index is 11.5. The monoisotopic (exact) mass is 348 g/mol. The normalized spacial score (nSPS) is 9.90. The zero-order valence-electron chi connectivity index (χ0n) is 10.8. The number of Topliss-reactive ketones (excluding diaryl/α,β-unsaturated/α-hetero) is 1. The van der Waals surface area contributed by atoms with E-state index in [0.29, 0.717) is 16.4 Å². The maximum Gasteiger partial charge on any atom is 0.175 e. The highest BCUT2D eigenvalue weighted by Gasteiger charge is 2.07. The summed E-state index contributed by atoms with van der Waals surface area (Å²) in [6.07, 6.45) is 0. The molecule has 0 aliphatic carbocycles. The van der Waals surface area contributed by atoms with E-state index in [1.165, 1.54) is 6.92 Å². The standard InChI is InChI=1S/C15H13BrN2OS/c1-10(19)13-4-2-3-5-14(13)18-15(20)17-12-8-6-11(16)7-9-12/h2-9H,1H3,(H2,17,18,20). The van der Waals surface area contributed by atoms with Crippen LogP contribution in [0, 0.1) is 0 Å². The Morgan fingerprint density at radius 1 is 1.05 bits per heavy atom. The highest BCUT2D eigenvalue weighted by Crippen LogP contribution is 2.17. The number of halogens is 1. The van der Waals surface area contributed by atoms with Crippen LogP contribution in [0.3, 0.4) is 0 Å². The van der Waals surface area contributed by atoms with Crippen molar-refractivity contribution in [2.75, 3.05) is 10.6 Å². The van der Waals surface area contributed by atoms with Gasteiger partial charge < -0.3 is 10.6 Å². The number of carbonyl (C=O) groups excluding carboxylic acids is 1. The van der Waals surface area contributed by atoms with Crippen molar-refractivity contribution in [2.24, 2.45) is 0 Å². The summed E-state index contributed by atoms with van der Waals surface area (Å²) in [5.41, 5.74) is 2.20. The Morgan fingerprint density at radius 3 is 2.35 bits per heavy atom. The van der Waals surface area contributed by atoms with E-state index in [9.17, 15) is 4.79 Å². The average molecular weight is 349 g/mol. The summed E-state index contributed by atoms with van der Waals surface area (Å²) in [5.74, 6) is -0.000424. The second-order valence-corrected chi connectivity index (χ2v) is 5.51. The largest absolute Gasteiger partial charge is 0.332 e. The molecule has 2 aromatic carbocycles. The molecule has 3 nitrogen and oxygen atoms in total. The smallest absolute Gasteiger partial charge is 0.175 e. The molecule has 0 fully saturated rings. The van der Waals surface area contributed by atoms with E-state index >= 15 is 0 Å². The van der Waals surface area contributed by atoms with Crippen molar-refractivity contribution >= 4 is 50.4 Å². The Labute approximate surface area is 131 Å². The highest BCUT2D eigenvalue weighted by atomic mass is 79.9. The van der Waals surface area contributed by atoms with Gasteiger partial charge in [0.2, 0.25) is 0 Å². The van der Waals surface area contributed by atoms with Crippen LogP contribution < -0.4 is 10.6 Å². The molecule has 5 heteroatoms. The summed E-state index contributed by atoms with van der Waals surface area (Å²) in [6.45, 7) is 1.53. The van der Waals surface area contributed by atoms with Crippen molar-refractivity contribution < 1.29 is 4.79 Å². The molecule has 0 aromatic heterocycles. The zero-order valence-corrected chi connectivity index (χ0v) is 13.2. The molecule has 2 rings (SSSR count). The lowest BCUT2D eigenvalue weighted by atomic mass is 10.1. The van der Waals surface area contributed by atoms with E-state index in [1.807, 2.05) is 42.5 Å². The molecule has 0 bridgehead atoms. The topological polar surface area (TPSA) is 41.1 Å². The minimum absolute atomic E-state index is 0.000424. The van der Waals surface area contributed by atoms with Gasteiger partial charge in [0.1, 0.15) is 0 Å². The first-order chi connectivity index (χ1) is 9.56. The quantitative estimate of drug-likeness (QED) is 0.634. The molecule has 0 saturated carbocycles. The first-order valence-electron chi connectivity index (χ1n) is 6.00. The second-order valence-electron chi connectivity index (χ2n) is 4.19. The summed E-state index contributed by atoms with van der Waals surface area (Å²) >= 11 is 8.63. The summed E-state index contributed by atoms with van der Waals surface area (Å²) < 4.78 is 1.00. The van der Waals surface area contributed by atoms with Crippen LogP contribution in [-0.2, 0) is 0 Å².